The Morgan fingerprint density at radius 1 is 1.29 bits per heavy atom. The molecule has 1 aliphatic carbocycles. The summed E-state index contributed by atoms with van der Waals surface area (Å²) >= 11 is 6.10. The van der Waals surface area contributed by atoms with Crippen molar-refractivity contribution in [2.75, 3.05) is 14.2 Å². The number of ether oxygens (including phenoxy) is 3. The van der Waals surface area contributed by atoms with Crippen LogP contribution in [-0.4, -0.2) is 38.2 Å². The van der Waals surface area contributed by atoms with Gasteiger partial charge >= 0.3 is 5.97 Å². The zero-order valence-electron chi connectivity index (χ0n) is 13.8. The Morgan fingerprint density at radius 3 is 2.58 bits per heavy atom. The molecule has 130 valence electrons. The van der Waals surface area contributed by atoms with Crippen molar-refractivity contribution < 1.29 is 23.8 Å². The molecule has 2 rings (SSSR count). The monoisotopic (exact) mass is 353 g/mol. The molecule has 1 aliphatic rings. The standard InChI is InChI=1S/C17H20ClNO5/c1-10(17(21)19-12-5-6-12)24-15(20)7-4-11-8-13(18)16(23-3)14(9-11)22-2/h4,7-10,12H,5-6H2,1-3H3,(H,19,21)/b7-4+/t10-/m0/s1. The first-order chi connectivity index (χ1) is 11.4. The minimum absolute atomic E-state index is 0.225. The number of carbonyl (C=O) groups is 2. The molecule has 0 aliphatic heterocycles. The van der Waals surface area contributed by atoms with Gasteiger partial charge in [-0.05, 0) is 43.5 Å². The van der Waals surface area contributed by atoms with E-state index in [4.69, 9.17) is 25.8 Å². The van der Waals surface area contributed by atoms with Crippen LogP contribution in [0.2, 0.25) is 5.02 Å². The Morgan fingerprint density at radius 2 is 2.00 bits per heavy atom. The average molecular weight is 354 g/mol. The molecule has 1 N–H and O–H groups in total. The summed E-state index contributed by atoms with van der Waals surface area (Å²) in [5.74, 6) is -0.0211. The van der Waals surface area contributed by atoms with Gasteiger partial charge in [-0.2, -0.15) is 0 Å². The number of rotatable bonds is 7. The van der Waals surface area contributed by atoms with Crippen LogP contribution < -0.4 is 14.8 Å². The zero-order valence-corrected chi connectivity index (χ0v) is 14.6. The van der Waals surface area contributed by atoms with Gasteiger partial charge in [0.25, 0.3) is 5.91 Å². The fourth-order valence-corrected chi connectivity index (χ4v) is 2.31. The Labute approximate surface area is 145 Å². The fraction of sp³-hybridized carbons (Fsp3) is 0.412. The third-order valence-corrected chi connectivity index (χ3v) is 3.73. The van der Waals surface area contributed by atoms with Crippen molar-refractivity contribution in [3.8, 4) is 11.5 Å². The lowest BCUT2D eigenvalue weighted by atomic mass is 10.2. The van der Waals surface area contributed by atoms with Crippen LogP contribution in [-0.2, 0) is 14.3 Å². The van der Waals surface area contributed by atoms with Gasteiger partial charge < -0.3 is 19.5 Å². The second-order valence-corrected chi connectivity index (χ2v) is 5.84. The summed E-state index contributed by atoms with van der Waals surface area (Å²) in [6, 6.07) is 3.54. The molecule has 1 aromatic carbocycles. The molecular weight excluding hydrogens is 334 g/mol. The zero-order chi connectivity index (χ0) is 17.7. The third kappa shape index (κ3) is 4.89. The lowest BCUT2D eigenvalue weighted by Crippen LogP contribution is -2.36. The number of esters is 1. The van der Waals surface area contributed by atoms with Crippen LogP contribution in [0, 0.1) is 0 Å². The lowest BCUT2D eigenvalue weighted by Gasteiger charge is -2.12. The van der Waals surface area contributed by atoms with E-state index in [9.17, 15) is 9.59 Å². The predicted molar refractivity (Wildman–Crippen MR) is 90.3 cm³/mol. The molecule has 1 amide bonds. The first kappa shape index (κ1) is 18.1. The van der Waals surface area contributed by atoms with Gasteiger partial charge in [0.1, 0.15) is 0 Å². The maximum absolute atomic E-state index is 11.8. The molecule has 0 heterocycles. The van der Waals surface area contributed by atoms with Gasteiger partial charge in [0.05, 0.1) is 19.2 Å². The minimum Gasteiger partial charge on any atom is -0.493 e. The maximum Gasteiger partial charge on any atom is 0.331 e. The number of amides is 1. The second kappa shape index (κ2) is 8.06. The molecule has 1 aromatic rings. The average Bonchev–Trinajstić information content (AvgIpc) is 3.36. The van der Waals surface area contributed by atoms with E-state index in [0.29, 0.717) is 22.1 Å². The predicted octanol–water partition coefficient (Wildman–Crippen LogP) is 2.58. The Hall–Kier alpha value is -2.21. The smallest absolute Gasteiger partial charge is 0.331 e. The maximum atomic E-state index is 11.8. The summed E-state index contributed by atoms with van der Waals surface area (Å²) in [5.41, 5.74) is 0.643. The highest BCUT2D eigenvalue weighted by molar-refractivity contribution is 6.32. The Bertz CT molecular complexity index is 655. The number of halogens is 1. The van der Waals surface area contributed by atoms with Crippen molar-refractivity contribution in [3.05, 3.63) is 28.8 Å². The summed E-state index contributed by atoms with van der Waals surface area (Å²) in [6.45, 7) is 1.54. The van der Waals surface area contributed by atoms with Crippen molar-refractivity contribution in [1.82, 2.24) is 5.32 Å². The third-order valence-electron chi connectivity index (χ3n) is 3.45. The molecule has 0 bridgehead atoms. The van der Waals surface area contributed by atoms with Crippen molar-refractivity contribution in [3.63, 3.8) is 0 Å². The molecule has 1 atom stereocenters. The highest BCUT2D eigenvalue weighted by atomic mass is 35.5. The van der Waals surface area contributed by atoms with Gasteiger partial charge in [-0.1, -0.05) is 11.6 Å². The molecule has 0 spiro atoms. The topological polar surface area (TPSA) is 73.9 Å². The SMILES string of the molecule is COc1cc(/C=C/C(=O)O[C@@H](C)C(=O)NC2CC2)cc(Cl)c1OC. The van der Waals surface area contributed by atoms with E-state index in [2.05, 4.69) is 5.32 Å². The van der Waals surface area contributed by atoms with Gasteiger partial charge in [-0.3, -0.25) is 4.79 Å². The van der Waals surface area contributed by atoms with Gasteiger partial charge in [0.15, 0.2) is 17.6 Å². The number of nitrogens with one attached hydrogen (secondary N) is 1. The quantitative estimate of drug-likeness (QED) is 0.602. The minimum atomic E-state index is -0.836. The number of carbonyl (C=O) groups excluding carboxylic acids is 2. The molecule has 0 unspecified atom stereocenters. The lowest BCUT2D eigenvalue weighted by molar-refractivity contribution is -0.150. The van der Waals surface area contributed by atoms with E-state index >= 15 is 0 Å². The molecule has 0 aromatic heterocycles. The normalized spacial score (nSPS) is 15.0. The van der Waals surface area contributed by atoms with E-state index in [1.165, 1.54) is 33.3 Å². The van der Waals surface area contributed by atoms with Crippen LogP contribution >= 0.6 is 11.6 Å². The number of methoxy groups -OCH3 is 2. The highest BCUT2D eigenvalue weighted by Crippen LogP contribution is 2.36. The number of hydrogen-bond acceptors (Lipinski definition) is 5. The number of benzene rings is 1. The van der Waals surface area contributed by atoms with Gasteiger partial charge in [-0.15, -0.1) is 0 Å². The van der Waals surface area contributed by atoms with Crippen LogP contribution in [0.1, 0.15) is 25.3 Å². The van der Waals surface area contributed by atoms with Crippen LogP contribution in [0.15, 0.2) is 18.2 Å². The van der Waals surface area contributed by atoms with E-state index in [0.717, 1.165) is 12.8 Å². The molecule has 24 heavy (non-hydrogen) atoms. The second-order valence-electron chi connectivity index (χ2n) is 5.43. The molecular formula is C17H20ClNO5. The van der Waals surface area contributed by atoms with E-state index in [1.54, 1.807) is 12.1 Å². The van der Waals surface area contributed by atoms with Gasteiger partial charge in [-0.25, -0.2) is 4.79 Å². The van der Waals surface area contributed by atoms with Crippen LogP contribution in [0.4, 0.5) is 0 Å². The molecule has 7 heteroatoms. The molecule has 0 radical (unpaired) electrons. The van der Waals surface area contributed by atoms with Crippen LogP contribution in [0.3, 0.4) is 0 Å². The molecule has 6 nitrogen and oxygen atoms in total. The Kier molecular flexibility index (Phi) is 6.09. The van der Waals surface area contributed by atoms with Crippen molar-refractivity contribution in [2.45, 2.75) is 31.9 Å². The fourth-order valence-electron chi connectivity index (χ4n) is 2.01. The van der Waals surface area contributed by atoms with Crippen molar-refractivity contribution >= 4 is 29.6 Å². The van der Waals surface area contributed by atoms with E-state index < -0.39 is 12.1 Å². The van der Waals surface area contributed by atoms with Gasteiger partial charge in [0.2, 0.25) is 0 Å². The van der Waals surface area contributed by atoms with Crippen molar-refractivity contribution in [1.29, 1.82) is 0 Å². The summed E-state index contributed by atoms with van der Waals surface area (Å²) < 4.78 is 15.4. The Balaban J connectivity index is 1.97. The molecule has 1 fully saturated rings. The van der Waals surface area contributed by atoms with Crippen LogP contribution in [0.5, 0.6) is 11.5 Å². The summed E-state index contributed by atoms with van der Waals surface area (Å²) in [5, 5.41) is 3.14. The van der Waals surface area contributed by atoms with E-state index in [-0.39, 0.29) is 11.9 Å². The first-order valence-electron chi connectivity index (χ1n) is 7.55. The summed E-state index contributed by atoms with van der Waals surface area (Å²) in [7, 11) is 2.99. The molecule has 0 saturated heterocycles. The van der Waals surface area contributed by atoms with Crippen LogP contribution in [0.25, 0.3) is 6.08 Å². The molecule has 1 saturated carbocycles. The first-order valence-corrected chi connectivity index (χ1v) is 7.93. The van der Waals surface area contributed by atoms with Gasteiger partial charge in [0, 0.05) is 12.1 Å². The highest BCUT2D eigenvalue weighted by Gasteiger charge is 2.26. The number of hydrogen-bond donors (Lipinski definition) is 1. The summed E-state index contributed by atoms with van der Waals surface area (Å²) in [6.07, 6.45) is 3.88. The van der Waals surface area contributed by atoms with E-state index in [1.807, 2.05) is 0 Å². The summed E-state index contributed by atoms with van der Waals surface area (Å²) in [4.78, 5) is 23.6. The largest absolute Gasteiger partial charge is 0.493 e. The van der Waals surface area contributed by atoms with Crippen molar-refractivity contribution in [2.24, 2.45) is 0 Å².